The molecular formula is C16H14FNO. The van der Waals surface area contributed by atoms with Crippen LogP contribution in [-0.2, 0) is 13.7 Å². The molecule has 0 unspecified atom stereocenters. The maximum Gasteiger partial charge on any atom is 0.125 e. The highest BCUT2D eigenvalue weighted by molar-refractivity contribution is 5.83. The van der Waals surface area contributed by atoms with Crippen molar-refractivity contribution >= 4 is 10.9 Å². The molecule has 0 fully saturated rings. The van der Waals surface area contributed by atoms with E-state index in [4.69, 9.17) is 4.74 Å². The summed E-state index contributed by atoms with van der Waals surface area (Å²) in [6.07, 6.45) is 1.98. The summed E-state index contributed by atoms with van der Waals surface area (Å²) in [6, 6.07) is 14.5. The lowest BCUT2D eigenvalue weighted by Crippen LogP contribution is -1.94. The Bertz CT molecular complexity index is 703. The summed E-state index contributed by atoms with van der Waals surface area (Å²) in [4.78, 5) is 0. The second kappa shape index (κ2) is 4.76. The molecule has 96 valence electrons. The molecule has 0 saturated heterocycles. The van der Waals surface area contributed by atoms with Crippen LogP contribution in [0.1, 0.15) is 5.56 Å². The standard InChI is InChI=1S/C16H14FNO/c1-18-10-12(11-19-14-5-3-2-4-6-14)15-8-7-13(17)9-16(15)18/h2-10H,11H2,1H3. The molecule has 0 amide bonds. The molecule has 0 radical (unpaired) electrons. The van der Waals surface area contributed by atoms with Gasteiger partial charge in [-0.1, -0.05) is 18.2 Å². The number of para-hydroxylation sites is 1. The zero-order valence-corrected chi connectivity index (χ0v) is 10.6. The van der Waals surface area contributed by atoms with E-state index in [1.807, 2.05) is 48.1 Å². The van der Waals surface area contributed by atoms with Gasteiger partial charge in [-0.15, -0.1) is 0 Å². The van der Waals surface area contributed by atoms with E-state index in [2.05, 4.69) is 0 Å². The first-order valence-corrected chi connectivity index (χ1v) is 6.15. The third kappa shape index (κ3) is 2.32. The fourth-order valence-corrected chi connectivity index (χ4v) is 2.23. The van der Waals surface area contributed by atoms with E-state index in [0.29, 0.717) is 6.61 Å². The monoisotopic (exact) mass is 255 g/mol. The van der Waals surface area contributed by atoms with Crippen molar-refractivity contribution in [3.63, 3.8) is 0 Å². The van der Waals surface area contributed by atoms with Gasteiger partial charge in [0, 0.05) is 24.2 Å². The minimum Gasteiger partial charge on any atom is -0.489 e. The number of rotatable bonds is 3. The lowest BCUT2D eigenvalue weighted by atomic mass is 10.2. The quantitative estimate of drug-likeness (QED) is 0.692. The van der Waals surface area contributed by atoms with Crippen molar-refractivity contribution in [1.29, 1.82) is 0 Å². The largest absolute Gasteiger partial charge is 0.489 e. The minimum absolute atomic E-state index is 0.218. The number of benzene rings is 2. The van der Waals surface area contributed by atoms with E-state index in [0.717, 1.165) is 22.2 Å². The van der Waals surface area contributed by atoms with Gasteiger partial charge < -0.3 is 9.30 Å². The number of ether oxygens (including phenoxy) is 1. The van der Waals surface area contributed by atoms with Crippen molar-refractivity contribution in [3.8, 4) is 5.75 Å². The highest BCUT2D eigenvalue weighted by Gasteiger charge is 2.08. The Morgan fingerprint density at radius 3 is 2.68 bits per heavy atom. The van der Waals surface area contributed by atoms with Crippen LogP contribution in [0.2, 0.25) is 0 Å². The zero-order chi connectivity index (χ0) is 13.2. The van der Waals surface area contributed by atoms with Crippen LogP contribution in [0.3, 0.4) is 0 Å². The van der Waals surface area contributed by atoms with Crippen LogP contribution in [0.25, 0.3) is 10.9 Å². The molecule has 3 rings (SSSR count). The predicted octanol–water partition coefficient (Wildman–Crippen LogP) is 3.90. The summed E-state index contributed by atoms with van der Waals surface area (Å²) in [6.45, 7) is 0.479. The van der Waals surface area contributed by atoms with Gasteiger partial charge >= 0.3 is 0 Å². The molecule has 0 atom stereocenters. The Hall–Kier alpha value is -2.29. The molecule has 3 heteroatoms. The first kappa shape index (κ1) is 11.8. The van der Waals surface area contributed by atoms with Crippen molar-refractivity contribution in [3.05, 3.63) is 66.1 Å². The van der Waals surface area contributed by atoms with Gasteiger partial charge in [0.05, 0.1) is 5.52 Å². The maximum atomic E-state index is 13.2. The van der Waals surface area contributed by atoms with E-state index in [1.165, 1.54) is 6.07 Å². The van der Waals surface area contributed by atoms with Gasteiger partial charge in [-0.05, 0) is 30.3 Å². The van der Waals surface area contributed by atoms with E-state index in [-0.39, 0.29) is 5.82 Å². The SMILES string of the molecule is Cn1cc(COc2ccccc2)c2ccc(F)cc21. The fourth-order valence-electron chi connectivity index (χ4n) is 2.23. The van der Waals surface area contributed by atoms with Crippen LogP contribution in [0, 0.1) is 5.82 Å². The normalized spacial score (nSPS) is 10.8. The molecule has 0 aliphatic heterocycles. The summed E-state index contributed by atoms with van der Waals surface area (Å²) < 4.78 is 20.9. The van der Waals surface area contributed by atoms with E-state index in [1.54, 1.807) is 12.1 Å². The maximum absolute atomic E-state index is 13.2. The number of fused-ring (bicyclic) bond motifs is 1. The highest BCUT2D eigenvalue weighted by Crippen LogP contribution is 2.23. The smallest absolute Gasteiger partial charge is 0.125 e. The summed E-state index contributed by atoms with van der Waals surface area (Å²) in [5, 5.41) is 1.03. The Morgan fingerprint density at radius 1 is 1.11 bits per heavy atom. The van der Waals surface area contributed by atoms with E-state index < -0.39 is 0 Å². The molecule has 0 bridgehead atoms. The molecule has 2 nitrogen and oxygen atoms in total. The first-order valence-electron chi connectivity index (χ1n) is 6.15. The van der Waals surface area contributed by atoms with Crippen LogP contribution >= 0.6 is 0 Å². The van der Waals surface area contributed by atoms with Crippen LogP contribution < -0.4 is 4.74 Å². The van der Waals surface area contributed by atoms with E-state index >= 15 is 0 Å². The molecule has 3 aromatic rings. The minimum atomic E-state index is -0.218. The average molecular weight is 255 g/mol. The summed E-state index contributed by atoms with van der Waals surface area (Å²) in [5.41, 5.74) is 1.94. The topological polar surface area (TPSA) is 14.2 Å². The third-order valence-corrected chi connectivity index (χ3v) is 3.17. The molecular weight excluding hydrogens is 241 g/mol. The second-order valence-electron chi connectivity index (χ2n) is 4.53. The Labute approximate surface area is 111 Å². The molecule has 0 spiro atoms. The molecule has 0 saturated carbocycles. The second-order valence-corrected chi connectivity index (χ2v) is 4.53. The lowest BCUT2D eigenvalue weighted by molar-refractivity contribution is 0.307. The number of halogens is 1. The number of hydrogen-bond donors (Lipinski definition) is 0. The van der Waals surface area contributed by atoms with Crippen molar-refractivity contribution in [2.24, 2.45) is 7.05 Å². The van der Waals surface area contributed by atoms with Gasteiger partial charge in [0.2, 0.25) is 0 Å². The predicted molar refractivity (Wildman–Crippen MR) is 73.7 cm³/mol. The molecule has 0 aliphatic rings. The van der Waals surface area contributed by atoms with Crippen molar-refractivity contribution in [1.82, 2.24) is 4.57 Å². The summed E-state index contributed by atoms with van der Waals surface area (Å²) >= 11 is 0. The lowest BCUT2D eigenvalue weighted by Gasteiger charge is -2.04. The number of nitrogens with zero attached hydrogens (tertiary/aromatic N) is 1. The van der Waals surface area contributed by atoms with Crippen molar-refractivity contribution in [2.45, 2.75) is 6.61 Å². The Balaban J connectivity index is 1.89. The van der Waals surface area contributed by atoms with Gasteiger partial charge in [-0.2, -0.15) is 0 Å². The highest BCUT2D eigenvalue weighted by atomic mass is 19.1. The van der Waals surface area contributed by atoms with Crippen LogP contribution in [-0.4, -0.2) is 4.57 Å². The average Bonchev–Trinajstić information content (AvgIpc) is 2.74. The molecule has 0 aliphatic carbocycles. The van der Waals surface area contributed by atoms with Crippen LogP contribution in [0.5, 0.6) is 5.75 Å². The van der Waals surface area contributed by atoms with Gasteiger partial charge in [-0.3, -0.25) is 0 Å². The molecule has 0 N–H and O–H groups in total. The number of hydrogen-bond acceptors (Lipinski definition) is 1. The Kier molecular flexibility index (Phi) is 2.95. The van der Waals surface area contributed by atoms with Crippen molar-refractivity contribution < 1.29 is 9.13 Å². The van der Waals surface area contributed by atoms with Gasteiger partial charge in [-0.25, -0.2) is 4.39 Å². The molecule has 1 aromatic heterocycles. The zero-order valence-electron chi connectivity index (χ0n) is 10.6. The van der Waals surface area contributed by atoms with Crippen LogP contribution in [0.15, 0.2) is 54.7 Å². The van der Waals surface area contributed by atoms with Gasteiger partial charge in [0.15, 0.2) is 0 Å². The summed E-state index contributed by atoms with van der Waals surface area (Å²) in [5.74, 6) is 0.617. The fraction of sp³-hybridized carbons (Fsp3) is 0.125. The summed E-state index contributed by atoms with van der Waals surface area (Å²) in [7, 11) is 1.91. The van der Waals surface area contributed by atoms with E-state index in [9.17, 15) is 4.39 Å². The number of aromatic nitrogens is 1. The number of aryl methyl sites for hydroxylation is 1. The first-order chi connectivity index (χ1) is 9.24. The van der Waals surface area contributed by atoms with Gasteiger partial charge in [0.1, 0.15) is 18.2 Å². The van der Waals surface area contributed by atoms with Gasteiger partial charge in [0.25, 0.3) is 0 Å². The van der Waals surface area contributed by atoms with Crippen molar-refractivity contribution in [2.75, 3.05) is 0 Å². The third-order valence-electron chi connectivity index (χ3n) is 3.17. The van der Waals surface area contributed by atoms with Crippen LogP contribution in [0.4, 0.5) is 4.39 Å². The molecule has 1 heterocycles. The Morgan fingerprint density at radius 2 is 1.89 bits per heavy atom. The molecule has 2 aromatic carbocycles. The molecule has 19 heavy (non-hydrogen) atoms.